The highest BCUT2D eigenvalue weighted by atomic mass is 15.2. The Bertz CT molecular complexity index is 3210. The van der Waals surface area contributed by atoms with Gasteiger partial charge in [0.1, 0.15) is 11.6 Å². The standard InChI is InChI=1S/C61H56N8/c1-40(2)36-64-60-66-52(34-54(68-60)62-37-46-28-15-25-41-18-9-12-31-49(41)46)58-56(44-21-5-3-6-22-44)59(57(58)45-23-7-4-8-24-45)53-35-55(63-38-47-29-16-26-42-19-10-13-32-50(42)47)69-61(67-53)65-39-48-30-17-27-43-20-11-14-33-51(43)48/h3-35,40,56-59H,36-39H2,1-2H3,(H2,62,64,66,68)(H2,63,65,67,69)/t56-,57-,58-,59-/m1/s1. The third-order valence-corrected chi connectivity index (χ3v) is 13.8. The fourth-order valence-corrected chi connectivity index (χ4v) is 10.5. The Morgan fingerprint density at radius 1 is 0.362 bits per heavy atom. The van der Waals surface area contributed by atoms with Crippen LogP contribution in [0.15, 0.2) is 200 Å². The molecule has 0 bridgehead atoms. The molecular weight excluding hydrogens is 845 g/mol. The first-order chi connectivity index (χ1) is 34.0. The van der Waals surface area contributed by atoms with Gasteiger partial charge in [0.2, 0.25) is 11.9 Å². The molecule has 10 aromatic rings. The summed E-state index contributed by atoms with van der Waals surface area (Å²) >= 11 is 0. The summed E-state index contributed by atoms with van der Waals surface area (Å²) in [5.74, 6) is 3.24. The predicted octanol–water partition coefficient (Wildman–Crippen LogP) is 14.1. The van der Waals surface area contributed by atoms with Crippen molar-refractivity contribution in [2.75, 3.05) is 27.8 Å². The van der Waals surface area contributed by atoms with Crippen LogP contribution in [0.1, 0.15) is 76.7 Å². The minimum Gasteiger partial charge on any atom is -0.366 e. The Hall–Kier alpha value is -8.10. The van der Waals surface area contributed by atoms with Crippen molar-refractivity contribution in [1.82, 2.24) is 19.9 Å². The number of rotatable bonds is 16. The molecule has 11 rings (SSSR count). The second kappa shape index (κ2) is 19.6. The lowest BCUT2D eigenvalue weighted by molar-refractivity contribution is 0.220. The average Bonchev–Trinajstić information content (AvgIpc) is 3.39. The van der Waals surface area contributed by atoms with Gasteiger partial charge >= 0.3 is 0 Å². The highest BCUT2D eigenvalue weighted by molar-refractivity contribution is 5.87. The molecule has 0 radical (unpaired) electrons. The van der Waals surface area contributed by atoms with E-state index in [1.807, 2.05) is 0 Å². The van der Waals surface area contributed by atoms with Crippen molar-refractivity contribution in [2.45, 2.75) is 57.2 Å². The van der Waals surface area contributed by atoms with Gasteiger partial charge in [-0.1, -0.05) is 202 Å². The van der Waals surface area contributed by atoms with Crippen LogP contribution in [0.4, 0.5) is 23.5 Å². The molecule has 0 saturated heterocycles. The topological polar surface area (TPSA) is 99.7 Å². The van der Waals surface area contributed by atoms with Crippen LogP contribution in [0.2, 0.25) is 0 Å². The first kappa shape index (κ1) is 43.5. The van der Waals surface area contributed by atoms with Gasteiger partial charge in [0.25, 0.3) is 0 Å². The first-order valence-corrected chi connectivity index (χ1v) is 24.3. The Morgan fingerprint density at radius 2 is 0.725 bits per heavy atom. The smallest absolute Gasteiger partial charge is 0.225 e. The molecule has 4 N–H and O–H groups in total. The van der Waals surface area contributed by atoms with Crippen molar-refractivity contribution in [3.63, 3.8) is 0 Å². The average molecular weight is 901 g/mol. The van der Waals surface area contributed by atoms with Gasteiger partial charge in [-0.15, -0.1) is 0 Å². The van der Waals surface area contributed by atoms with E-state index in [2.05, 4.69) is 235 Å². The molecule has 8 aromatic carbocycles. The zero-order chi connectivity index (χ0) is 46.5. The van der Waals surface area contributed by atoms with E-state index >= 15 is 0 Å². The van der Waals surface area contributed by atoms with E-state index in [1.54, 1.807) is 0 Å². The lowest BCUT2D eigenvalue weighted by Crippen LogP contribution is -2.41. The summed E-state index contributed by atoms with van der Waals surface area (Å²) in [7, 11) is 0. The molecular formula is C61H56N8. The molecule has 8 nitrogen and oxygen atoms in total. The number of fused-ring (bicyclic) bond motifs is 3. The van der Waals surface area contributed by atoms with Gasteiger partial charge in [-0.05, 0) is 66.1 Å². The Kier molecular flexibility index (Phi) is 12.4. The molecule has 1 aliphatic carbocycles. The molecule has 2 heterocycles. The summed E-state index contributed by atoms with van der Waals surface area (Å²) in [6, 6.07) is 71.4. The fourth-order valence-electron chi connectivity index (χ4n) is 10.5. The molecule has 1 aliphatic rings. The molecule has 0 amide bonds. The second-order valence-electron chi connectivity index (χ2n) is 18.7. The maximum atomic E-state index is 5.49. The van der Waals surface area contributed by atoms with Crippen LogP contribution in [0.5, 0.6) is 0 Å². The number of anilines is 4. The van der Waals surface area contributed by atoms with E-state index < -0.39 is 0 Å². The number of hydrogen-bond acceptors (Lipinski definition) is 8. The van der Waals surface area contributed by atoms with Crippen molar-refractivity contribution < 1.29 is 0 Å². The summed E-state index contributed by atoms with van der Waals surface area (Å²) < 4.78 is 0. The number of hydrogen-bond donors (Lipinski definition) is 4. The van der Waals surface area contributed by atoms with Gasteiger partial charge in [0.05, 0.1) is 11.4 Å². The van der Waals surface area contributed by atoms with Gasteiger partial charge < -0.3 is 21.3 Å². The minimum absolute atomic E-state index is 0.00495. The van der Waals surface area contributed by atoms with Crippen LogP contribution in [0.3, 0.4) is 0 Å². The van der Waals surface area contributed by atoms with Gasteiger partial charge in [-0.25, -0.2) is 9.97 Å². The number of nitrogens with zero attached hydrogens (tertiary/aromatic N) is 4. The first-order valence-electron chi connectivity index (χ1n) is 24.3. The van der Waals surface area contributed by atoms with Gasteiger partial charge in [0, 0.05) is 62.0 Å². The molecule has 1 fully saturated rings. The largest absolute Gasteiger partial charge is 0.366 e. The molecule has 1 saturated carbocycles. The van der Waals surface area contributed by atoms with E-state index in [0.717, 1.165) is 29.6 Å². The molecule has 8 heteroatoms. The van der Waals surface area contributed by atoms with E-state index in [4.69, 9.17) is 19.9 Å². The van der Waals surface area contributed by atoms with E-state index in [-0.39, 0.29) is 23.7 Å². The van der Waals surface area contributed by atoms with Crippen LogP contribution in [0.25, 0.3) is 32.3 Å². The summed E-state index contributed by atoms with van der Waals surface area (Å²) in [5, 5.41) is 22.1. The summed E-state index contributed by atoms with van der Waals surface area (Å²) in [5.41, 5.74) is 8.08. The zero-order valence-corrected chi connectivity index (χ0v) is 39.1. The third-order valence-electron chi connectivity index (χ3n) is 13.8. The van der Waals surface area contributed by atoms with Crippen molar-refractivity contribution in [2.24, 2.45) is 5.92 Å². The monoisotopic (exact) mass is 900 g/mol. The van der Waals surface area contributed by atoms with Gasteiger partial charge in [-0.3, -0.25) is 0 Å². The zero-order valence-electron chi connectivity index (χ0n) is 39.1. The lowest BCUT2D eigenvalue weighted by Gasteiger charge is -2.52. The van der Waals surface area contributed by atoms with Crippen molar-refractivity contribution >= 4 is 55.8 Å². The summed E-state index contributed by atoms with van der Waals surface area (Å²) in [4.78, 5) is 21.2. The van der Waals surface area contributed by atoms with E-state index in [1.165, 1.54) is 60.1 Å². The highest BCUT2D eigenvalue weighted by Gasteiger charge is 2.54. The van der Waals surface area contributed by atoms with Crippen LogP contribution in [0, 0.1) is 5.92 Å². The number of benzene rings is 8. The SMILES string of the molecule is CC(C)CNc1nc(NCc2cccc3ccccc23)cc([C@H]2[C@@H](c3ccccc3)[C@H](c3cc(NCc4cccc5ccccc45)nc(NCc4cccc5ccccc45)n3)[C@@H]2c2ccccc2)n1. The van der Waals surface area contributed by atoms with E-state index in [9.17, 15) is 0 Å². The molecule has 2 atom stereocenters. The van der Waals surface area contributed by atoms with Gasteiger partial charge in [-0.2, -0.15) is 9.97 Å². The maximum absolute atomic E-state index is 5.49. The maximum Gasteiger partial charge on any atom is 0.225 e. The lowest BCUT2D eigenvalue weighted by atomic mass is 9.50. The van der Waals surface area contributed by atoms with Crippen molar-refractivity contribution in [3.8, 4) is 0 Å². The fraction of sp³-hybridized carbons (Fsp3) is 0.180. The Balaban J connectivity index is 1.01. The normalized spacial score (nSPS) is 16.6. The second-order valence-corrected chi connectivity index (χ2v) is 18.7. The summed E-state index contributed by atoms with van der Waals surface area (Å²) in [6.07, 6.45) is 0. The molecule has 0 unspecified atom stereocenters. The Labute approximate surface area is 404 Å². The molecule has 340 valence electrons. The molecule has 69 heavy (non-hydrogen) atoms. The minimum atomic E-state index is -0.0202. The molecule has 0 aliphatic heterocycles. The van der Waals surface area contributed by atoms with Crippen LogP contribution >= 0.6 is 0 Å². The Morgan fingerprint density at radius 3 is 1.14 bits per heavy atom. The van der Waals surface area contributed by atoms with E-state index in [0.29, 0.717) is 37.4 Å². The highest BCUT2D eigenvalue weighted by Crippen LogP contribution is 2.66. The molecule has 0 spiro atoms. The van der Waals surface area contributed by atoms with Crippen LogP contribution < -0.4 is 21.3 Å². The predicted molar refractivity (Wildman–Crippen MR) is 285 cm³/mol. The summed E-state index contributed by atoms with van der Waals surface area (Å²) in [6.45, 7) is 6.99. The number of aromatic nitrogens is 4. The molecule has 2 aromatic heterocycles. The van der Waals surface area contributed by atoms with Crippen molar-refractivity contribution in [3.05, 3.63) is 239 Å². The van der Waals surface area contributed by atoms with Gasteiger partial charge in [0.15, 0.2) is 0 Å². The third kappa shape index (κ3) is 9.31. The number of nitrogens with one attached hydrogen (secondary N) is 4. The quantitative estimate of drug-likeness (QED) is 0.0761. The van der Waals surface area contributed by atoms with Crippen LogP contribution in [-0.4, -0.2) is 26.5 Å². The van der Waals surface area contributed by atoms with Crippen LogP contribution in [-0.2, 0) is 19.6 Å². The van der Waals surface area contributed by atoms with Crippen molar-refractivity contribution in [1.29, 1.82) is 0 Å².